The molecular formula is C21H20N2O6. The lowest BCUT2D eigenvalue weighted by atomic mass is 9.91. The number of ketones is 1. The molecule has 2 aromatic rings. The maximum absolute atomic E-state index is 13.0. The van der Waals surface area contributed by atoms with Gasteiger partial charge in [0, 0.05) is 5.56 Å². The molecule has 1 saturated heterocycles. The molecule has 1 N–H and O–H groups in total. The molecule has 1 unspecified atom stereocenters. The van der Waals surface area contributed by atoms with E-state index in [0.29, 0.717) is 35.0 Å². The van der Waals surface area contributed by atoms with Crippen LogP contribution >= 0.6 is 0 Å². The Bertz CT molecular complexity index is 987. The first-order valence-corrected chi connectivity index (χ1v) is 9.22. The number of imide groups is 1. The van der Waals surface area contributed by atoms with Gasteiger partial charge in [-0.25, -0.2) is 4.79 Å². The van der Waals surface area contributed by atoms with E-state index in [1.807, 2.05) is 6.92 Å². The second-order valence-electron chi connectivity index (χ2n) is 6.90. The molecular weight excluding hydrogens is 376 g/mol. The van der Waals surface area contributed by atoms with Crippen molar-refractivity contribution >= 4 is 17.7 Å². The zero-order valence-electron chi connectivity index (χ0n) is 16.1. The summed E-state index contributed by atoms with van der Waals surface area (Å²) in [6.07, 6.45) is 0. The Labute approximate surface area is 167 Å². The Hall–Kier alpha value is -3.55. The lowest BCUT2D eigenvalue weighted by molar-refractivity contribution is -0.130. The van der Waals surface area contributed by atoms with Crippen LogP contribution < -0.4 is 19.5 Å². The summed E-state index contributed by atoms with van der Waals surface area (Å²) in [5.41, 5.74) is -0.348. The minimum Gasteiger partial charge on any atom is -0.494 e. The van der Waals surface area contributed by atoms with Crippen LogP contribution in [0.2, 0.25) is 0 Å². The summed E-state index contributed by atoms with van der Waals surface area (Å²) in [5, 5.41) is 2.69. The highest BCUT2D eigenvalue weighted by Gasteiger charge is 2.49. The third-order valence-electron chi connectivity index (χ3n) is 5.01. The van der Waals surface area contributed by atoms with Crippen LogP contribution in [0.25, 0.3) is 0 Å². The second kappa shape index (κ2) is 7.12. The molecule has 0 spiro atoms. The normalized spacial score (nSPS) is 20.0. The van der Waals surface area contributed by atoms with Gasteiger partial charge in [0.15, 0.2) is 17.3 Å². The minimum absolute atomic E-state index is 0.110. The van der Waals surface area contributed by atoms with Crippen molar-refractivity contribution in [3.8, 4) is 17.2 Å². The fourth-order valence-electron chi connectivity index (χ4n) is 3.38. The van der Waals surface area contributed by atoms with Gasteiger partial charge in [0.25, 0.3) is 5.91 Å². The van der Waals surface area contributed by atoms with Gasteiger partial charge in [0.2, 0.25) is 6.79 Å². The highest BCUT2D eigenvalue weighted by molar-refractivity contribution is 6.11. The topological polar surface area (TPSA) is 94.2 Å². The van der Waals surface area contributed by atoms with E-state index >= 15 is 0 Å². The van der Waals surface area contributed by atoms with Gasteiger partial charge < -0.3 is 19.5 Å². The lowest BCUT2D eigenvalue weighted by Gasteiger charge is -2.22. The molecule has 0 radical (unpaired) electrons. The number of Topliss-reactive ketones (excluding diaryl/α,β-unsaturated/α-hetero) is 1. The van der Waals surface area contributed by atoms with Crippen molar-refractivity contribution in [1.29, 1.82) is 0 Å². The first-order chi connectivity index (χ1) is 13.9. The monoisotopic (exact) mass is 396 g/mol. The fourth-order valence-corrected chi connectivity index (χ4v) is 3.38. The van der Waals surface area contributed by atoms with Crippen LogP contribution in [0.5, 0.6) is 17.2 Å². The van der Waals surface area contributed by atoms with E-state index in [2.05, 4.69) is 5.32 Å². The Morgan fingerprint density at radius 1 is 1.14 bits per heavy atom. The van der Waals surface area contributed by atoms with Crippen LogP contribution in [0.1, 0.15) is 29.8 Å². The largest absolute Gasteiger partial charge is 0.494 e. The number of carbonyl (C=O) groups is 3. The second-order valence-corrected chi connectivity index (χ2v) is 6.90. The van der Waals surface area contributed by atoms with Crippen molar-refractivity contribution in [3.05, 3.63) is 53.6 Å². The Kier molecular flexibility index (Phi) is 4.62. The van der Waals surface area contributed by atoms with Gasteiger partial charge >= 0.3 is 6.03 Å². The van der Waals surface area contributed by atoms with Crippen LogP contribution in [0.3, 0.4) is 0 Å². The minimum atomic E-state index is -1.29. The Morgan fingerprint density at radius 2 is 1.86 bits per heavy atom. The van der Waals surface area contributed by atoms with Crippen molar-refractivity contribution in [2.45, 2.75) is 19.4 Å². The van der Waals surface area contributed by atoms with Gasteiger partial charge in [0.1, 0.15) is 11.3 Å². The van der Waals surface area contributed by atoms with Gasteiger partial charge in [-0.15, -0.1) is 0 Å². The molecule has 0 bridgehead atoms. The van der Waals surface area contributed by atoms with E-state index in [9.17, 15) is 14.4 Å². The van der Waals surface area contributed by atoms with Crippen LogP contribution in [0.4, 0.5) is 4.79 Å². The summed E-state index contributed by atoms with van der Waals surface area (Å²) < 4.78 is 16.0. The Balaban J connectivity index is 1.52. The van der Waals surface area contributed by atoms with Gasteiger partial charge in [0.05, 0.1) is 13.2 Å². The number of benzene rings is 2. The van der Waals surface area contributed by atoms with E-state index in [1.54, 1.807) is 49.4 Å². The summed E-state index contributed by atoms with van der Waals surface area (Å²) in [6.45, 7) is 3.76. The average molecular weight is 396 g/mol. The summed E-state index contributed by atoms with van der Waals surface area (Å²) in [7, 11) is 0. The number of nitrogens with zero attached hydrogens (tertiary/aromatic N) is 1. The molecule has 0 aromatic heterocycles. The quantitative estimate of drug-likeness (QED) is 0.596. The summed E-state index contributed by atoms with van der Waals surface area (Å²) in [5.74, 6) is 0.896. The van der Waals surface area contributed by atoms with Crippen LogP contribution in [-0.2, 0) is 10.3 Å². The number of nitrogens with one attached hydrogen (secondary N) is 1. The average Bonchev–Trinajstić information content (AvgIpc) is 3.27. The summed E-state index contributed by atoms with van der Waals surface area (Å²) in [4.78, 5) is 39.1. The number of ether oxygens (including phenoxy) is 3. The molecule has 4 rings (SSSR count). The highest BCUT2D eigenvalue weighted by Crippen LogP contribution is 2.37. The van der Waals surface area contributed by atoms with E-state index in [-0.39, 0.29) is 19.1 Å². The zero-order chi connectivity index (χ0) is 20.6. The van der Waals surface area contributed by atoms with Gasteiger partial charge in [-0.2, -0.15) is 0 Å². The van der Waals surface area contributed by atoms with Crippen LogP contribution in [0, 0.1) is 0 Å². The number of carbonyl (C=O) groups excluding carboxylic acids is 3. The van der Waals surface area contributed by atoms with Gasteiger partial charge in [-0.05, 0) is 55.8 Å². The van der Waals surface area contributed by atoms with Crippen molar-refractivity contribution in [1.82, 2.24) is 10.2 Å². The van der Waals surface area contributed by atoms with Crippen LogP contribution in [-0.4, -0.2) is 42.6 Å². The molecule has 29 heavy (non-hydrogen) atoms. The number of rotatable bonds is 6. The molecule has 8 heteroatoms. The highest BCUT2D eigenvalue weighted by atomic mass is 16.7. The molecule has 2 aliphatic heterocycles. The van der Waals surface area contributed by atoms with Crippen LogP contribution in [0.15, 0.2) is 42.5 Å². The molecule has 2 heterocycles. The molecule has 2 aromatic carbocycles. The number of fused-ring (bicyclic) bond motifs is 1. The van der Waals surface area contributed by atoms with Crippen molar-refractivity contribution < 1.29 is 28.6 Å². The van der Waals surface area contributed by atoms with E-state index in [0.717, 1.165) is 4.90 Å². The first-order valence-electron chi connectivity index (χ1n) is 9.22. The third-order valence-corrected chi connectivity index (χ3v) is 5.01. The predicted molar refractivity (Wildman–Crippen MR) is 102 cm³/mol. The fraction of sp³-hybridized carbons (Fsp3) is 0.286. The molecule has 0 aliphatic carbocycles. The van der Waals surface area contributed by atoms with Gasteiger partial charge in [-0.3, -0.25) is 14.5 Å². The molecule has 150 valence electrons. The number of amides is 3. The third kappa shape index (κ3) is 3.26. The standard InChI is InChI=1S/C21H20N2O6/c1-3-27-15-7-4-13(5-8-15)16(24)11-23-19(25)21(2,22-20(23)26)14-6-9-17-18(10-14)29-12-28-17/h4-10H,3,11-12H2,1-2H3,(H,22,26). The maximum Gasteiger partial charge on any atom is 0.325 e. The number of hydrogen-bond donors (Lipinski definition) is 1. The SMILES string of the molecule is CCOc1ccc(C(=O)CN2C(=O)NC(C)(c3ccc4c(c3)OCO4)C2=O)cc1. The van der Waals surface area contributed by atoms with Gasteiger partial charge in [-0.1, -0.05) is 6.07 Å². The predicted octanol–water partition coefficient (Wildman–Crippen LogP) is 2.46. The van der Waals surface area contributed by atoms with E-state index < -0.39 is 17.5 Å². The van der Waals surface area contributed by atoms with Crippen molar-refractivity contribution in [2.75, 3.05) is 19.9 Å². The summed E-state index contributed by atoms with van der Waals surface area (Å²) in [6, 6.07) is 11.0. The maximum atomic E-state index is 13.0. The molecule has 1 atom stereocenters. The van der Waals surface area contributed by atoms with Crippen molar-refractivity contribution in [2.24, 2.45) is 0 Å². The zero-order valence-corrected chi connectivity index (χ0v) is 16.1. The molecule has 0 saturated carbocycles. The number of hydrogen-bond acceptors (Lipinski definition) is 6. The smallest absolute Gasteiger partial charge is 0.325 e. The molecule has 2 aliphatic rings. The molecule has 1 fully saturated rings. The van der Waals surface area contributed by atoms with Crippen molar-refractivity contribution in [3.63, 3.8) is 0 Å². The van der Waals surface area contributed by atoms with E-state index in [4.69, 9.17) is 14.2 Å². The molecule has 3 amide bonds. The Morgan fingerprint density at radius 3 is 2.59 bits per heavy atom. The van der Waals surface area contributed by atoms with E-state index in [1.165, 1.54) is 0 Å². The first kappa shape index (κ1) is 18.8. The lowest BCUT2D eigenvalue weighted by Crippen LogP contribution is -2.41. The molecule has 8 nitrogen and oxygen atoms in total. The summed E-state index contributed by atoms with van der Waals surface area (Å²) >= 11 is 0. The number of urea groups is 1.